The first-order chi connectivity index (χ1) is 4.85. The van der Waals surface area contributed by atoms with Crippen molar-refractivity contribution in [2.75, 3.05) is 19.7 Å². The number of hydrogen-bond donors (Lipinski definition) is 0. The Morgan fingerprint density at radius 3 is 2.60 bits per heavy atom. The van der Waals surface area contributed by atoms with Crippen molar-refractivity contribution in [1.82, 2.24) is 4.90 Å². The van der Waals surface area contributed by atoms with Gasteiger partial charge in [0, 0.05) is 6.54 Å². The van der Waals surface area contributed by atoms with E-state index in [0.717, 1.165) is 6.41 Å². The third-order valence-corrected chi connectivity index (χ3v) is 1.12. The summed E-state index contributed by atoms with van der Waals surface area (Å²) in [4.78, 5) is 21.3. The van der Waals surface area contributed by atoms with E-state index in [1.165, 1.54) is 4.90 Å². The standard InChI is InChI=1S/C6H11NO3/c1-2-7(5-8)3-4-10-6-9/h5-6H,2-4H2,1H3. The highest BCUT2D eigenvalue weighted by Gasteiger charge is 1.95. The van der Waals surface area contributed by atoms with Crippen LogP contribution < -0.4 is 0 Å². The predicted octanol–water partition coefficient (Wildman–Crippen LogP) is -0.362. The van der Waals surface area contributed by atoms with E-state index in [1.54, 1.807) is 0 Å². The average molecular weight is 145 g/mol. The van der Waals surface area contributed by atoms with Gasteiger partial charge in [-0.3, -0.25) is 9.59 Å². The highest BCUT2D eigenvalue weighted by molar-refractivity contribution is 5.46. The SMILES string of the molecule is CCN(C=O)CCOC=O. The zero-order valence-corrected chi connectivity index (χ0v) is 5.95. The van der Waals surface area contributed by atoms with Gasteiger partial charge in [-0.15, -0.1) is 0 Å². The Labute approximate surface area is 59.8 Å². The normalized spacial score (nSPS) is 8.50. The molecule has 0 unspecified atom stereocenters. The Morgan fingerprint density at radius 1 is 1.50 bits per heavy atom. The summed E-state index contributed by atoms with van der Waals surface area (Å²) >= 11 is 0. The third kappa shape index (κ3) is 3.88. The number of rotatable bonds is 6. The molecule has 0 spiro atoms. The number of carbonyl (C=O) groups is 2. The van der Waals surface area contributed by atoms with Gasteiger partial charge in [-0.1, -0.05) is 0 Å². The molecule has 0 heterocycles. The van der Waals surface area contributed by atoms with Gasteiger partial charge < -0.3 is 9.64 Å². The fraction of sp³-hybridized carbons (Fsp3) is 0.667. The number of amides is 1. The summed E-state index contributed by atoms with van der Waals surface area (Å²) in [5.74, 6) is 0. The van der Waals surface area contributed by atoms with E-state index in [-0.39, 0.29) is 6.61 Å². The van der Waals surface area contributed by atoms with Crippen LogP contribution in [0.4, 0.5) is 0 Å². The lowest BCUT2D eigenvalue weighted by Crippen LogP contribution is -2.25. The lowest BCUT2D eigenvalue weighted by atomic mass is 10.5. The molecule has 0 fully saturated rings. The molecule has 4 nitrogen and oxygen atoms in total. The number of hydrogen-bond acceptors (Lipinski definition) is 3. The summed E-state index contributed by atoms with van der Waals surface area (Å²) in [5.41, 5.74) is 0. The highest BCUT2D eigenvalue weighted by atomic mass is 16.5. The summed E-state index contributed by atoms with van der Waals surface area (Å²) in [7, 11) is 0. The van der Waals surface area contributed by atoms with Crippen LogP contribution >= 0.6 is 0 Å². The Bertz CT molecular complexity index is 105. The van der Waals surface area contributed by atoms with Crippen LogP contribution in [0.3, 0.4) is 0 Å². The summed E-state index contributed by atoms with van der Waals surface area (Å²) in [6, 6.07) is 0. The van der Waals surface area contributed by atoms with E-state index >= 15 is 0 Å². The fourth-order valence-electron chi connectivity index (χ4n) is 0.503. The van der Waals surface area contributed by atoms with Gasteiger partial charge in [-0.2, -0.15) is 0 Å². The van der Waals surface area contributed by atoms with Crippen molar-refractivity contribution in [3.63, 3.8) is 0 Å². The summed E-state index contributed by atoms with van der Waals surface area (Å²) in [6.45, 7) is 3.62. The molecule has 0 aliphatic carbocycles. The van der Waals surface area contributed by atoms with Crippen LogP contribution in [0.1, 0.15) is 6.92 Å². The number of likely N-dealkylation sites (N-methyl/N-ethyl adjacent to an activating group) is 1. The van der Waals surface area contributed by atoms with Gasteiger partial charge >= 0.3 is 0 Å². The maximum absolute atomic E-state index is 10.1. The largest absolute Gasteiger partial charge is 0.466 e. The van der Waals surface area contributed by atoms with E-state index in [4.69, 9.17) is 0 Å². The summed E-state index contributed by atoms with van der Waals surface area (Å²) < 4.78 is 4.39. The maximum atomic E-state index is 10.1. The van der Waals surface area contributed by atoms with Crippen molar-refractivity contribution in [3.05, 3.63) is 0 Å². The highest BCUT2D eigenvalue weighted by Crippen LogP contribution is 1.80. The Kier molecular flexibility index (Phi) is 5.42. The van der Waals surface area contributed by atoms with Crippen molar-refractivity contribution in [1.29, 1.82) is 0 Å². The second-order valence-corrected chi connectivity index (χ2v) is 1.70. The molecule has 0 rings (SSSR count). The van der Waals surface area contributed by atoms with E-state index in [9.17, 15) is 9.59 Å². The predicted molar refractivity (Wildman–Crippen MR) is 35.3 cm³/mol. The van der Waals surface area contributed by atoms with Crippen molar-refractivity contribution in [3.8, 4) is 0 Å². The van der Waals surface area contributed by atoms with E-state index < -0.39 is 0 Å². The number of carbonyl (C=O) groups excluding carboxylic acids is 2. The average Bonchev–Trinajstić information content (AvgIpc) is 1.99. The van der Waals surface area contributed by atoms with Gasteiger partial charge in [0.05, 0.1) is 6.54 Å². The van der Waals surface area contributed by atoms with Gasteiger partial charge in [0.1, 0.15) is 6.61 Å². The molecule has 0 aliphatic heterocycles. The minimum atomic E-state index is 0.274. The minimum absolute atomic E-state index is 0.274. The minimum Gasteiger partial charge on any atom is -0.466 e. The van der Waals surface area contributed by atoms with Crippen LogP contribution in [0.2, 0.25) is 0 Å². The first kappa shape index (κ1) is 8.94. The van der Waals surface area contributed by atoms with Gasteiger partial charge in [0.25, 0.3) is 6.47 Å². The van der Waals surface area contributed by atoms with E-state index in [2.05, 4.69) is 4.74 Å². The second kappa shape index (κ2) is 6.07. The molecule has 0 aromatic carbocycles. The van der Waals surface area contributed by atoms with Gasteiger partial charge in [-0.25, -0.2) is 0 Å². The maximum Gasteiger partial charge on any atom is 0.293 e. The molecule has 0 aromatic rings. The summed E-state index contributed by atoms with van der Waals surface area (Å²) in [5, 5.41) is 0. The monoisotopic (exact) mass is 145 g/mol. The lowest BCUT2D eigenvalue weighted by molar-refractivity contribution is -0.130. The Hall–Kier alpha value is -1.06. The third-order valence-electron chi connectivity index (χ3n) is 1.12. The molecule has 0 aromatic heterocycles. The molecule has 0 saturated heterocycles. The topological polar surface area (TPSA) is 46.6 Å². The summed E-state index contributed by atoms with van der Waals surface area (Å²) in [6.07, 6.45) is 0.730. The molecule has 0 bridgehead atoms. The van der Waals surface area contributed by atoms with Crippen LogP contribution in [0.25, 0.3) is 0 Å². The fourth-order valence-corrected chi connectivity index (χ4v) is 0.503. The molecule has 1 amide bonds. The molecule has 0 radical (unpaired) electrons. The van der Waals surface area contributed by atoms with Gasteiger partial charge in [0.2, 0.25) is 6.41 Å². The van der Waals surface area contributed by atoms with Gasteiger partial charge in [0.15, 0.2) is 0 Å². The molecule has 10 heavy (non-hydrogen) atoms. The first-order valence-electron chi connectivity index (χ1n) is 3.09. The Morgan fingerprint density at radius 2 is 2.20 bits per heavy atom. The molecule has 0 saturated carbocycles. The molecular weight excluding hydrogens is 134 g/mol. The smallest absolute Gasteiger partial charge is 0.293 e. The van der Waals surface area contributed by atoms with Crippen LogP contribution in [0.5, 0.6) is 0 Å². The molecular formula is C6H11NO3. The van der Waals surface area contributed by atoms with Crippen LogP contribution in [0.15, 0.2) is 0 Å². The molecule has 58 valence electrons. The van der Waals surface area contributed by atoms with Crippen molar-refractivity contribution in [2.24, 2.45) is 0 Å². The molecule has 0 aliphatic rings. The zero-order valence-electron chi connectivity index (χ0n) is 5.95. The second-order valence-electron chi connectivity index (χ2n) is 1.70. The molecule has 0 N–H and O–H groups in total. The van der Waals surface area contributed by atoms with Crippen molar-refractivity contribution >= 4 is 12.9 Å². The van der Waals surface area contributed by atoms with Crippen molar-refractivity contribution in [2.45, 2.75) is 6.92 Å². The van der Waals surface area contributed by atoms with E-state index in [1.807, 2.05) is 6.92 Å². The van der Waals surface area contributed by atoms with Crippen molar-refractivity contribution < 1.29 is 14.3 Å². The van der Waals surface area contributed by atoms with Crippen LogP contribution in [-0.2, 0) is 14.3 Å². The van der Waals surface area contributed by atoms with Gasteiger partial charge in [-0.05, 0) is 6.92 Å². The quantitative estimate of drug-likeness (QED) is 0.378. The number of nitrogens with zero attached hydrogens (tertiary/aromatic N) is 1. The Balaban J connectivity index is 3.25. The van der Waals surface area contributed by atoms with E-state index in [0.29, 0.717) is 19.6 Å². The van der Waals surface area contributed by atoms with Crippen LogP contribution in [-0.4, -0.2) is 37.5 Å². The number of ether oxygens (including phenoxy) is 1. The first-order valence-corrected chi connectivity index (χ1v) is 3.09. The molecule has 0 atom stereocenters. The zero-order chi connectivity index (χ0) is 7.82. The lowest BCUT2D eigenvalue weighted by Gasteiger charge is -2.12. The van der Waals surface area contributed by atoms with Crippen LogP contribution in [0, 0.1) is 0 Å². The molecule has 4 heteroatoms.